The van der Waals surface area contributed by atoms with Gasteiger partial charge < -0.3 is 15.2 Å². The van der Waals surface area contributed by atoms with Crippen molar-refractivity contribution >= 4 is 46.6 Å². The van der Waals surface area contributed by atoms with Gasteiger partial charge in [-0.05, 0) is 6.07 Å². The fourth-order valence-corrected chi connectivity index (χ4v) is 2.60. The maximum atomic E-state index is 9.31. The van der Waals surface area contributed by atoms with E-state index in [2.05, 4.69) is 12.6 Å². The van der Waals surface area contributed by atoms with Crippen LogP contribution in [-0.4, -0.2) is 22.3 Å². The first-order valence-corrected chi connectivity index (χ1v) is 5.16. The van der Waals surface area contributed by atoms with Crippen molar-refractivity contribution in [1.29, 1.82) is 0 Å². The van der Waals surface area contributed by atoms with Crippen LogP contribution in [0.25, 0.3) is 10.1 Å². The second-order valence-electron chi connectivity index (χ2n) is 2.88. The number of thiophene rings is 1. The maximum absolute atomic E-state index is 9.31. The lowest BCUT2D eigenvalue weighted by Gasteiger charge is -2.02. The normalized spacial score (nSPS) is 10.8. The quantitative estimate of drug-likeness (QED) is 0.425. The first-order valence-electron chi connectivity index (χ1n) is 3.90. The second kappa shape index (κ2) is 3.47. The lowest BCUT2D eigenvalue weighted by atomic mass is 9.80. The van der Waals surface area contributed by atoms with Crippen LogP contribution >= 0.6 is 24.0 Å². The standard InChI is InChI=1S/C8H7BO3S2/c10-7-3-4-6(13)2-1-5(9(11)12)8(4)14-7/h1-3,10-13H. The van der Waals surface area contributed by atoms with Gasteiger partial charge in [0.05, 0.1) is 0 Å². The molecular formula is C8H7BO3S2. The summed E-state index contributed by atoms with van der Waals surface area (Å²) in [4.78, 5) is 0.709. The monoisotopic (exact) mass is 226 g/mol. The molecule has 0 spiro atoms. The third-order valence-corrected chi connectivity index (χ3v) is 3.33. The van der Waals surface area contributed by atoms with E-state index in [1.807, 2.05) is 0 Å². The van der Waals surface area contributed by atoms with Gasteiger partial charge in [0.1, 0.15) is 0 Å². The smallest absolute Gasteiger partial charge is 0.489 e. The van der Waals surface area contributed by atoms with E-state index in [0.717, 1.165) is 16.7 Å². The minimum atomic E-state index is -1.52. The van der Waals surface area contributed by atoms with Crippen molar-refractivity contribution in [2.45, 2.75) is 4.90 Å². The van der Waals surface area contributed by atoms with Crippen LogP contribution in [0.4, 0.5) is 0 Å². The summed E-state index contributed by atoms with van der Waals surface area (Å²) < 4.78 is 0.657. The number of rotatable bonds is 1. The van der Waals surface area contributed by atoms with Crippen molar-refractivity contribution in [3.05, 3.63) is 18.2 Å². The van der Waals surface area contributed by atoms with Crippen LogP contribution in [0.15, 0.2) is 23.1 Å². The van der Waals surface area contributed by atoms with Crippen LogP contribution in [0.2, 0.25) is 0 Å². The highest BCUT2D eigenvalue weighted by atomic mass is 32.1. The molecule has 0 saturated carbocycles. The van der Waals surface area contributed by atoms with Gasteiger partial charge in [-0.2, -0.15) is 0 Å². The summed E-state index contributed by atoms with van der Waals surface area (Å²) in [6.07, 6.45) is 0. The van der Waals surface area contributed by atoms with Gasteiger partial charge in [-0.1, -0.05) is 17.4 Å². The molecule has 0 bridgehead atoms. The number of aromatic hydroxyl groups is 1. The van der Waals surface area contributed by atoms with Crippen molar-refractivity contribution in [1.82, 2.24) is 0 Å². The Kier molecular flexibility index (Phi) is 2.44. The molecule has 2 rings (SSSR count). The van der Waals surface area contributed by atoms with E-state index in [0.29, 0.717) is 15.1 Å². The number of hydrogen-bond acceptors (Lipinski definition) is 5. The Hall–Kier alpha value is -0.685. The molecule has 1 aromatic heterocycles. The molecule has 6 heteroatoms. The molecule has 0 unspecified atom stereocenters. The van der Waals surface area contributed by atoms with Gasteiger partial charge in [0.25, 0.3) is 0 Å². The zero-order valence-electron chi connectivity index (χ0n) is 7.01. The van der Waals surface area contributed by atoms with E-state index in [4.69, 9.17) is 10.0 Å². The van der Waals surface area contributed by atoms with Crippen molar-refractivity contribution in [2.75, 3.05) is 0 Å². The van der Waals surface area contributed by atoms with Gasteiger partial charge in [0.2, 0.25) is 0 Å². The molecule has 0 saturated heterocycles. The van der Waals surface area contributed by atoms with E-state index < -0.39 is 7.12 Å². The van der Waals surface area contributed by atoms with E-state index in [1.54, 1.807) is 18.2 Å². The highest BCUT2D eigenvalue weighted by molar-refractivity contribution is 7.80. The summed E-state index contributed by atoms with van der Waals surface area (Å²) in [5, 5.41) is 28.3. The molecule has 2 aromatic rings. The Labute approximate surface area is 90.2 Å². The van der Waals surface area contributed by atoms with E-state index in [-0.39, 0.29) is 5.06 Å². The van der Waals surface area contributed by atoms with Crippen molar-refractivity contribution < 1.29 is 15.2 Å². The summed E-state index contributed by atoms with van der Waals surface area (Å²) in [6, 6.07) is 4.83. The number of hydrogen-bond donors (Lipinski definition) is 4. The fraction of sp³-hybridized carbons (Fsp3) is 0. The molecule has 0 aliphatic carbocycles. The van der Waals surface area contributed by atoms with Gasteiger partial charge >= 0.3 is 7.12 Å². The topological polar surface area (TPSA) is 60.7 Å². The summed E-state index contributed by atoms with van der Waals surface area (Å²) in [7, 11) is -1.52. The number of fused-ring (bicyclic) bond motifs is 1. The number of thiol groups is 1. The highest BCUT2D eigenvalue weighted by Gasteiger charge is 2.17. The van der Waals surface area contributed by atoms with Crippen LogP contribution in [0, 0.1) is 0 Å². The van der Waals surface area contributed by atoms with Gasteiger partial charge in [0, 0.05) is 26.5 Å². The lowest BCUT2D eigenvalue weighted by molar-refractivity contribution is 0.426. The molecule has 3 nitrogen and oxygen atoms in total. The Morgan fingerprint density at radius 1 is 1.29 bits per heavy atom. The van der Waals surface area contributed by atoms with Gasteiger partial charge in [-0.3, -0.25) is 0 Å². The van der Waals surface area contributed by atoms with Gasteiger partial charge in [0.15, 0.2) is 5.06 Å². The molecule has 0 aliphatic heterocycles. The molecule has 14 heavy (non-hydrogen) atoms. The van der Waals surface area contributed by atoms with E-state index in [1.165, 1.54) is 0 Å². The third-order valence-electron chi connectivity index (χ3n) is 1.96. The zero-order chi connectivity index (χ0) is 10.3. The van der Waals surface area contributed by atoms with Crippen LogP contribution in [0.3, 0.4) is 0 Å². The molecule has 0 aliphatic rings. The molecule has 0 atom stereocenters. The fourth-order valence-electron chi connectivity index (χ4n) is 1.32. The van der Waals surface area contributed by atoms with Crippen LogP contribution < -0.4 is 5.46 Å². The summed E-state index contributed by atoms with van der Waals surface area (Å²) >= 11 is 5.32. The molecule has 72 valence electrons. The molecule has 1 heterocycles. The Bertz CT molecular complexity index is 481. The van der Waals surface area contributed by atoms with Crippen LogP contribution in [-0.2, 0) is 0 Å². The molecular weight excluding hydrogens is 219 g/mol. The maximum Gasteiger partial charge on any atom is 0.489 e. The van der Waals surface area contributed by atoms with Crippen molar-refractivity contribution in [2.24, 2.45) is 0 Å². The summed E-state index contributed by atoms with van der Waals surface area (Å²) in [5.41, 5.74) is 0.392. The van der Waals surface area contributed by atoms with Gasteiger partial charge in [-0.15, -0.1) is 12.6 Å². The van der Waals surface area contributed by atoms with E-state index in [9.17, 15) is 5.11 Å². The second-order valence-corrected chi connectivity index (χ2v) is 4.39. The molecule has 0 radical (unpaired) electrons. The minimum absolute atomic E-state index is 0.142. The van der Waals surface area contributed by atoms with Crippen molar-refractivity contribution in [3.8, 4) is 5.06 Å². The Balaban J connectivity index is 2.81. The predicted molar refractivity (Wildman–Crippen MR) is 60.6 cm³/mol. The van der Waals surface area contributed by atoms with Crippen molar-refractivity contribution in [3.63, 3.8) is 0 Å². The first-order chi connectivity index (χ1) is 6.59. The summed E-state index contributed by atoms with van der Waals surface area (Å²) in [5.74, 6) is 0. The minimum Gasteiger partial charge on any atom is -0.499 e. The summed E-state index contributed by atoms with van der Waals surface area (Å²) in [6.45, 7) is 0. The van der Waals surface area contributed by atoms with E-state index >= 15 is 0 Å². The molecule has 3 N–H and O–H groups in total. The lowest BCUT2D eigenvalue weighted by Crippen LogP contribution is -2.29. The highest BCUT2D eigenvalue weighted by Crippen LogP contribution is 2.32. The zero-order valence-corrected chi connectivity index (χ0v) is 8.72. The predicted octanol–water partition coefficient (Wildman–Crippen LogP) is 0.575. The average Bonchev–Trinajstić information content (AvgIpc) is 2.47. The average molecular weight is 226 g/mol. The Morgan fingerprint density at radius 2 is 2.00 bits per heavy atom. The largest absolute Gasteiger partial charge is 0.499 e. The van der Waals surface area contributed by atoms with Gasteiger partial charge in [-0.25, -0.2) is 0 Å². The third kappa shape index (κ3) is 1.50. The SMILES string of the molecule is OB(O)c1ccc(S)c2cc(O)sc12. The Morgan fingerprint density at radius 3 is 2.64 bits per heavy atom. The molecule has 1 aromatic carbocycles. The molecule has 0 fully saturated rings. The van der Waals surface area contributed by atoms with Crippen LogP contribution in [0.5, 0.6) is 5.06 Å². The molecule has 0 amide bonds. The van der Waals surface area contributed by atoms with Crippen LogP contribution in [0.1, 0.15) is 0 Å². The first kappa shape index (κ1) is 9.85. The number of benzene rings is 1.